The quantitative estimate of drug-likeness (QED) is 0.293. The Hall–Kier alpha value is -4.32. The molecule has 2 aromatic heterocycles. The van der Waals surface area contributed by atoms with Gasteiger partial charge >= 0.3 is 12.0 Å². The molecule has 0 bridgehead atoms. The van der Waals surface area contributed by atoms with Crippen molar-refractivity contribution in [3.63, 3.8) is 0 Å². The number of thiazole rings is 1. The van der Waals surface area contributed by atoms with Gasteiger partial charge < -0.3 is 21.1 Å². The van der Waals surface area contributed by atoms with Gasteiger partial charge in [-0.05, 0) is 17.2 Å². The van der Waals surface area contributed by atoms with Crippen molar-refractivity contribution in [2.75, 3.05) is 18.4 Å². The third-order valence-corrected chi connectivity index (χ3v) is 5.46. The first-order valence-corrected chi connectivity index (χ1v) is 11.0. The highest BCUT2D eigenvalue weighted by Gasteiger charge is 2.21. The monoisotopic (exact) mass is 482 g/mol. The molecule has 0 radical (unpaired) electrons. The molecule has 3 rings (SSSR count). The van der Waals surface area contributed by atoms with Gasteiger partial charge in [-0.1, -0.05) is 47.7 Å². The molecule has 3 aromatic rings. The number of carboxylic acids is 1. The Bertz CT molecular complexity index is 1140. The average molecular weight is 483 g/mol. The molecule has 0 spiro atoms. The van der Waals surface area contributed by atoms with Crippen LogP contribution in [0.3, 0.4) is 0 Å². The Kier molecular flexibility index (Phi) is 8.63. The maximum absolute atomic E-state index is 12.3. The third kappa shape index (κ3) is 7.38. The maximum Gasteiger partial charge on any atom is 0.321 e. The number of nitrogens with one attached hydrogen (secondary N) is 4. The van der Waals surface area contributed by atoms with E-state index in [-0.39, 0.29) is 23.1 Å². The lowest BCUT2D eigenvalue weighted by molar-refractivity contribution is -0.138. The van der Waals surface area contributed by atoms with E-state index in [1.807, 2.05) is 30.3 Å². The van der Waals surface area contributed by atoms with Gasteiger partial charge in [-0.2, -0.15) is 0 Å². The van der Waals surface area contributed by atoms with Crippen molar-refractivity contribution in [3.8, 4) is 0 Å². The minimum atomic E-state index is -1.10. The van der Waals surface area contributed by atoms with Crippen LogP contribution in [0.4, 0.5) is 9.93 Å². The molecule has 0 aliphatic carbocycles. The number of rotatable bonds is 10. The summed E-state index contributed by atoms with van der Waals surface area (Å²) in [4.78, 5) is 55.9. The Balaban J connectivity index is 1.42. The highest BCUT2D eigenvalue weighted by molar-refractivity contribution is 7.17. The Labute approximate surface area is 198 Å². The number of carbonyl (C=O) groups excluding carboxylic acids is 3. The molecule has 11 nitrogen and oxygen atoms in total. The first kappa shape index (κ1) is 24.3. The number of nitrogens with zero attached hydrogens (tertiary/aromatic N) is 2. The van der Waals surface area contributed by atoms with Crippen LogP contribution < -0.4 is 21.3 Å². The predicted molar refractivity (Wildman–Crippen MR) is 124 cm³/mol. The van der Waals surface area contributed by atoms with Gasteiger partial charge in [0.15, 0.2) is 5.13 Å². The van der Waals surface area contributed by atoms with Gasteiger partial charge in [-0.3, -0.25) is 24.7 Å². The number of hydrogen-bond acceptors (Lipinski definition) is 7. The number of benzene rings is 1. The van der Waals surface area contributed by atoms with E-state index < -0.39 is 29.7 Å². The van der Waals surface area contributed by atoms with Crippen molar-refractivity contribution in [1.82, 2.24) is 25.9 Å². The van der Waals surface area contributed by atoms with E-state index in [0.717, 1.165) is 16.9 Å². The normalized spacial score (nSPS) is 11.2. The number of amides is 4. The SMILES string of the molecule is O=C(CNC(=O)c1cnc(NC(=O)NCc2ccccc2)s1)NCC(C(=O)O)c1cccnc1. The molecule has 12 heteroatoms. The Morgan fingerprint density at radius 3 is 2.47 bits per heavy atom. The summed E-state index contributed by atoms with van der Waals surface area (Å²) in [7, 11) is 0. The van der Waals surface area contributed by atoms with Crippen LogP contribution in [0.5, 0.6) is 0 Å². The van der Waals surface area contributed by atoms with Crippen LogP contribution in [0, 0.1) is 0 Å². The van der Waals surface area contributed by atoms with Crippen molar-refractivity contribution >= 4 is 40.3 Å². The predicted octanol–water partition coefficient (Wildman–Crippen LogP) is 1.57. The van der Waals surface area contributed by atoms with Gasteiger partial charge in [0.2, 0.25) is 5.91 Å². The summed E-state index contributed by atoms with van der Waals surface area (Å²) in [5.74, 6) is -3.16. The highest BCUT2D eigenvalue weighted by atomic mass is 32.1. The molecule has 0 saturated carbocycles. The van der Waals surface area contributed by atoms with Crippen LogP contribution in [0.15, 0.2) is 61.1 Å². The Morgan fingerprint density at radius 2 is 1.76 bits per heavy atom. The largest absolute Gasteiger partial charge is 0.481 e. The zero-order chi connectivity index (χ0) is 24.3. The summed E-state index contributed by atoms with van der Waals surface area (Å²) in [6.07, 6.45) is 4.23. The molecule has 1 unspecified atom stereocenters. The molecule has 0 aliphatic rings. The number of pyridine rings is 1. The molecule has 0 saturated heterocycles. The standard InChI is InChI=1S/C22H22N6O5S/c29-18(24-11-16(20(31)32)15-7-4-8-23-10-15)13-25-19(30)17-12-27-22(34-17)28-21(33)26-9-14-5-2-1-3-6-14/h1-8,10,12,16H,9,11,13H2,(H,24,29)(H,25,30)(H,31,32)(H2,26,27,28,33). The lowest BCUT2D eigenvalue weighted by Gasteiger charge is -2.13. The average Bonchev–Trinajstić information content (AvgIpc) is 3.31. The lowest BCUT2D eigenvalue weighted by atomic mass is 10.0. The van der Waals surface area contributed by atoms with Crippen molar-refractivity contribution in [2.45, 2.75) is 12.5 Å². The van der Waals surface area contributed by atoms with Crippen LogP contribution in [0.2, 0.25) is 0 Å². The van der Waals surface area contributed by atoms with Crippen molar-refractivity contribution in [1.29, 1.82) is 0 Å². The molecule has 5 N–H and O–H groups in total. The van der Waals surface area contributed by atoms with Gasteiger partial charge in [0.05, 0.1) is 12.7 Å². The van der Waals surface area contributed by atoms with Crippen molar-refractivity contribution in [2.24, 2.45) is 0 Å². The van der Waals surface area contributed by atoms with E-state index >= 15 is 0 Å². The fourth-order valence-electron chi connectivity index (χ4n) is 2.81. The molecule has 4 amide bonds. The Morgan fingerprint density at radius 1 is 0.971 bits per heavy atom. The zero-order valence-electron chi connectivity index (χ0n) is 17.9. The van der Waals surface area contributed by atoms with Crippen LogP contribution in [-0.2, 0) is 16.1 Å². The van der Waals surface area contributed by atoms with Gasteiger partial charge in [0.1, 0.15) is 10.8 Å². The lowest BCUT2D eigenvalue weighted by Crippen LogP contribution is -2.39. The van der Waals surface area contributed by atoms with E-state index in [9.17, 15) is 24.3 Å². The first-order valence-electron chi connectivity index (χ1n) is 10.1. The smallest absolute Gasteiger partial charge is 0.321 e. The number of urea groups is 1. The van der Waals surface area contributed by atoms with Gasteiger partial charge in [-0.25, -0.2) is 9.78 Å². The molecule has 0 aliphatic heterocycles. The van der Waals surface area contributed by atoms with E-state index in [1.54, 1.807) is 12.1 Å². The molecular formula is C22H22N6O5S. The van der Waals surface area contributed by atoms with Crippen LogP contribution >= 0.6 is 11.3 Å². The van der Waals surface area contributed by atoms with Crippen LogP contribution in [-0.4, -0.2) is 52.0 Å². The summed E-state index contributed by atoms with van der Waals surface area (Å²) in [5.41, 5.74) is 1.39. The minimum absolute atomic E-state index is 0.150. The van der Waals surface area contributed by atoms with Gasteiger partial charge in [-0.15, -0.1) is 0 Å². The second-order valence-corrected chi connectivity index (χ2v) is 8.02. The van der Waals surface area contributed by atoms with Crippen molar-refractivity contribution in [3.05, 3.63) is 77.1 Å². The minimum Gasteiger partial charge on any atom is -0.481 e. The number of anilines is 1. The summed E-state index contributed by atoms with van der Waals surface area (Å²) >= 11 is 0.951. The summed E-state index contributed by atoms with van der Waals surface area (Å²) in [5, 5.41) is 19.8. The topological polar surface area (TPSA) is 162 Å². The fourth-order valence-corrected chi connectivity index (χ4v) is 3.54. The summed E-state index contributed by atoms with van der Waals surface area (Å²) < 4.78 is 0. The zero-order valence-corrected chi connectivity index (χ0v) is 18.7. The number of hydrogen-bond donors (Lipinski definition) is 5. The second-order valence-electron chi connectivity index (χ2n) is 6.99. The van der Waals surface area contributed by atoms with E-state index in [2.05, 4.69) is 31.2 Å². The van der Waals surface area contributed by atoms with E-state index in [4.69, 9.17) is 0 Å². The molecule has 1 aromatic carbocycles. The first-order chi connectivity index (χ1) is 16.4. The molecule has 0 fully saturated rings. The molecule has 34 heavy (non-hydrogen) atoms. The summed E-state index contributed by atoms with van der Waals surface area (Å²) in [6.45, 7) is -0.164. The summed E-state index contributed by atoms with van der Waals surface area (Å²) in [6, 6.07) is 12.1. The third-order valence-electron chi connectivity index (χ3n) is 4.54. The number of carbonyl (C=O) groups is 4. The van der Waals surface area contributed by atoms with Gasteiger partial charge in [0, 0.05) is 25.5 Å². The molecule has 2 heterocycles. The van der Waals surface area contributed by atoms with E-state index in [0.29, 0.717) is 12.1 Å². The molecule has 1 atom stereocenters. The second kappa shape index (κ2) is 12.1. The number of aromatic nitrogens is 2. The highest BCUT2D eigenvalue weighted by Crippen LogP contribution is 2.18. The van der Waals surface area contributed by atoms with Gasteiger partial charge in [0.25, 0.3) is 5.91 Å². The maximum atomic E-state index is 12.3. The molecular weight excluding hydrogens is 460 g/mol. The van der Waals surface area contributed by atoms with E-state index in [1.165, 1.54) is 18.6 Å². The number of aliphatic carboxylic acids is 1. The van der Waals surface area contributed by atoms with Crippen molar-refractivity contribution < 1.29 is 24.3 Å². The van der Waals surface area contributed by atoms with Crippen LogP contribution in [0.1, 0.15) is 26.7 Å². The fraction of sp³-hybridized carbons (Fsp3) is 0.182. The molecule has 176 valence electrons. The van der Waals surface area contributed by atoms with Crippen LogP contribution in [0.25, 0.3) is 0 Å². The number of carboxylic acid groups (broad SMARTS) is 1.